The summed E-state index contributed by atoms with van der Waals surface area (Å²) >= 11 is 0. The summed E-state index contributed by atoms with van der Waals surface area (Å²) in [4.78, 5) is 36.8. The Morgan fingerprint density at radius 2 is 1.63 bits per heavy atom. The van der Waals surface area contributed by atoms with E-state index in [1.807, 2.05) is 61.5 Å². The molecular formula is C23H29N3O4. The lowest BCUT2D eigenvalue weighted by molar-refractivity contribution is -0.129. The molecule has 160 valence electrons. The molecule has 3 amide bonds. The molecule has 0 fully saturated rings. The minimum absolute atomic E-state index is 0.0936. The number of hydrogen-bond acceptors (Lipinski definition) is 4. The van der Waals surface area contributed by atoms with Gasteiger partial charge in [0.1, 0.15) is 18.7 Å². The standard InChI is InChI=1S/C23H29N3O4/c1-15(2)20(26-23(29)30-14-17-9-5-4-6-10-17)22(28)25-19(21(24)27)13-18-11-7-8-16(3)12-18/h4-12,15,19-20H,13-14H2,1-3H3,(H2,24,27)(H,25,28)(H,26,29)/t19-,20+/m1/s1. The van der Waals surface area contributed by atoms with E-state index >= 15 is 0 Å². The summed E-state index contributed by atoms with van der Waals surface area (Å²) in [7, 11) is 0. The zero-order valence-electron chi connectivity index (χ0n) is 17.6. The van der Waals surface area contributed by atoms with Crippen molar-refractivity contribution in [2.45, 2.75) is 45.9 Å². The second-order valence-corrected chi connectivity index (χ2v) is 7.58. The van der Waals surface area contributed by atoms with Crippen LogP contribution >= 0.6 is 0 Å². The highest BCUT2D eigenvalue weighted by Crippen LogP contribution is 2.09. The first-order valence-corrected chi connectivity index (χ1v) is 9.88. The molecule has 0 spiro atoms. The number of amides is 3. The van der Waals surface area contributed by atoms with Crippen LogP contribution in [0.15, 0.2) is 54.6 Å². The fourth-order valence-corrected chi connectivity index (χ4v) is 2.99. The molecule has 7 nitrogen and oxygen atoms in total. The Morgan fingerprint density at radius 1 is 0.967 bits per heavy atom. The van der Waals surface area contributed by atoms with Gasteiger partial charge in [-0.3, -0.25) is 9.59 Å². The summed E-state index contributed by atoms with van der Waals surface area (Å²) in [5.74, 6) is -1.35. The van der Waals surface area contributed by atoms with Gasteiger partial charge in [-0.1, -0.05) is 74.0 Å². The molecular weight excluding hydrogens is 382 g/mol. The Hall–Kier alpha value is -3.35. The molecule has 30 heavy (non-hydrogen) atoms. The summed E-state index contributed by atoms with van der Waals surface area (Å²) in [6, 6.07) is 15.1. The number of hydrogen-bond donors (Lipinski definition) is 3. The number of alkyl carbamates (subject to hydrolysis) is 1. The topological polar surface area (TPSA) is 111 Å². The highest BCUT2D eigenvalue weighted by molar-refractivity contribution is 5.91. The van der Waals surface area contributed by atoms with E-state index in [9.17, 15) is 14.4 Å². The Kier molecular flexibility index (Phi) is 8.41. The van der Waals surface area contributed by atoms with Crippen molar-refractivity contribution in [2.24, 2.45) is 11.7 Å². The smallest absolute Gasteiger partial charge is 0.408 e. The fraction of sp³-hybridized carbons (Fsp3) is 0.348. The van der Waals surface area contributed by atoms with Crippen LogP contribution in [0, 0.1) is 12.8 Å². The van der Waals surface area contributed by atoms with Gasteiger partial charge in [0.25, 0.3) is 0 Å². The van der Waals surface area contributed by atoms with E-state index in [4.69, 9.17) is 10.5 Å². The lowest BCUT2D eigenvalue weighted by Crippen LogP contribution is -2.55. The first-order chi connectivity index (χ1) is 14.3. The molecule has 0 aromatic heterocycles. The number of nitrogens with one attached hydrogen (secondary N) is 2. The van der Waals surface area contributed by atoms with Crippen LogP contribution in [0.25, 0.3) is 0 Å². The molecule has 2 atom stereocenters. The number of benzene rings is 2. The van der Waals surface area contributed by atoms with E-state index in [1.54, 1.807) is 13.8 Å². The molecule has 2 rings (SSSR count). The molecule has 0 aliphatic carbocycles. The molecule has 0 heterocycles. The van der Waals surface area contributed by atoms with E-state index < -0.39 is 30.0 Å². The van der Waals surface area contributed by atoms with Gasteiger partial charge in [0, 0.05) is 6.42 Å². The average molecular weight is 412 g/mol. The summed E-state index contributed by atoms with van der Waals surface area (Å²) in [5, 5.41) is 5.24. The Morgan fingerprint density at radius 3 is 2.23 bits per heavy atom. The van der Waals surface area contributed by atoms with E-state index in [0.29, 0.717) is 0 Å². The summed E-state index contributed by atoms with van der Waals surface area (Å²) < 4.78 is 5.20. The molecule has 0 unspecified atom stereocenters. The van der Waals surface area contributed by atoms with Gasteiger partial charge in [-0.15, -0.1) is 0 Å². The molecule has 2 aromatic rings. The van der Waals surface area contributed by atoms with Crippen LogP contribution in [0.3, 0.4) is 0 Å². The monoisotopic (exact) mass is 411 g/mol. The number of primary amides is 1. The van der Waals surface area contributed by atoms with Gasteiger partial charge in [0.05, 0.1) is 0 Å². The van der Waals surface area contributed by atoms with Crippen molar-refractivity contribution < 1.29 is 19.1 Å². The summed E-state index contributed by atoms with van der Waals surface area (Å²) in [6.07, 6.45) is -0.437. The van der Waals surface area contributed by atoms with Gasteiger partial charge in [-0.05, 0) is 24.0 Å². The zero-order chi connectivity index (χ0) is 22.1. The molecule has 0 radical (unpaired) electrons. The third-order valence-corrected chi connectivity index (χ3v) is 4.62. The van der Waals surface area contributed by atoms with Gasteiger partial charge in [0.2, 0.25) is 11.8 Å². The summed E-state index contributed by atoms with van der Waals surface area (Å²) in [5.41, 5.74) is 8.26. The largest absolute Gasteiger partial charge is 0.445 e. The van der Waals surface area contributed by atoms with Crippen LogP contribution in [0.2, 0.25) is 0 Å². The van der Waals surface area contributed by atoms with Gasteiger partial charge in [-0.2, -0.15) is 0 Å². The predicted octanol–water partition coefficient (Wildman–Crippen LogP) is 2.46. The molecule has 0 saturated heterocycles. The first kappa shape index (κ1) is 22.9. The number of nitrogens with two attached hydrogens (primary N) is 1. The molecule has 0 aliphatic heterocycles. The third kappa shape index (κ3) is 7.24. The number of ether oxygens (including phenoxy) is 1. The maximum absolute atomic E-state index is 12.8. The van der Waals surface area contributed by atoms with Crippen LogP contribution < -0.4 is 16.4 Å². The van der Waals surface area contributed by atoms with Crippen molar-refractivity contribution in [3.63, 3.8) is 0 Å². The minimum Gasteiger partial charge on any atom is -0.445 e. The van der Waals surface area contributed by atoms with Gasteiger partial charge in [-0.25, -0.2) is 4.79 Å². The van der Waals surface area contributed by atoms with Crippen molar-refractivity contribution in [2.75, 3.05) is 0 Å². The third-order valence-electron chi connectivity index (χ3n) is 4.62. The second kappa shape index (κ2) is 11.0. The maximum atomic E-state index is 12.8. The van der Waals surface area contributed by atoms with Crippen LogP contribution in [0.4, 0.5) is 4.79 Å². The van der Waals surface area contributed by atoms with E-state index in [-0.39, 0.29) is 18.9 Å². The number of carbonyl (C=O) groups excluding carboxylic acids is 3. The van der Waals surface area contributed by atoms with Gasteiger partial charge >= 0.3 is 6.09 Å². The predicted molar refractivity (Wildman–Crippen MR) is 114 cm³/mol. The molecule has 4 N–H and O–H groups in total. The lowest BCUT2D eigenvalue weighted by Gasteiger charge is -2.24. The molecule has 2 aromatic carbocycles. The lowest BCUT2D eigenvalue weighted by atomic mass is 10.0. The van der Waals surface area contributed by atoms with E-state index in [2.05, 4.69) is 10.6 Å². The van der Waals surface area contributed by atoms with Crippen molar-refractivity contribution in [1.29, 1.82) is 0 Å². The van der Waals surface area contributed by atoms with Crippen molar-refractivity contribution in [3.05, 3.63) is 71.3 Å². The zero-order valence-corrected chi connectivity index (χ0v) is 17.6. The van der Waals surface area contributed by atoms with Gasteiger partial charge in [0.15, 0.2) is 0 Å². The Labute approximate surface area is 177 Å². The fourth-order valence-electron chi connectivity index (χ4n) is 2.99. The normalized spacial score (nSPS) is 12.7. The van der Waals surface area contributed by atoms with Crippen LogP contribution in [0.1, 0.15) is 30.5 Å². The second-order valence-electron chi connectivity index (χ2n) is 7.58. The molecule has 7 heteroatoms. The van der Waals surface area contributed by atoms with Crippen molar-refractivity contribution >= 4 is 17.9 Å². The number of rotatable bonds is 9. The van der Waals surface area contributed by atoms with Crippen LogP contribution in [-0.2, 0) is 27.4 Å². The highest BCUT2D eigenvalue weighted by atomic mass is 16.5. The van der Waals surface area contributed by atoms with E-state index in [0.717, 1.165) is 16.7 Å². The number of aryl methyl sites for hydroxylation is 1. The molecule has 0 bridgehead atoms. The molecule has 0 aliphatic rings. The Bertz CT molecular complexity index is 868. The highest BCUT2D eigenvalue weighted by Gasteiger charge is 2.28. The summed E-state index contributed by atoms with van der Waals surface area (Å²) in [6.45, 7) is 5.63. The maximum Gasteiger partial charge on any atom is 0.408 e. The number of carbonyl (C=O) groups is 3. The SMILES string of the molecule is Cc1cccc(C[C@@H](NC(=O)[C@@H](NC(=O)OCc2ccccc2)C(C)C)C(N)=O)c1. The van der Waals surface area contributed by atoms with E-state index in [1.165, 1.54) is 0 Å². The van der Waals surface area contributed by atoms with Gasteiger partial charge < -0.3 is 21.1 Å². The minimum atomic E-state index is -0.886. The van der Waals surface area contributed by atoms with Crippen molar-refractivity contribution in [3.8, 4) is 0 Å². The quantitative estimate of drug-likeness (QED) is 0.589. The first-order valence-electron chi connectivity index (χ1n) is 9.88. The van der Waals surface area contributed by atoms with Crippen LogP contribution in [0.5, 0.6) is 0 Å². The average Bonchev–Trinajstić information content (AvgIpc) is 2.70. The Balaban J connectivity index is 1.98. The molecule has 0 saturated carbocycles. The van der Waals surface area contributed by atoms with Crippen LogP contribution in [-0.4, -0.2) is 30.0 Å². The van der Waals surface area contributed by atoms with Crippen molar-refractivity contribution in [1.82, 2.24) is 10.6 Å².